The van der Waals surface area contributed by atoms with Crippen LogP contribution in [0.3, 0.4) is 0 Å². The van der Waals surface area contributed by atoms with Gasteiger partial charge in [0.2, 0.25) is 5.95 Å². The van der Waals surface area contributed by atoms with Crippen molar-refractivity contribution in [3.05, 3.63) is 39.6 Å². The van der Waals surface area contributed by atoms with Crippen molar-refractivity contribution in [2.75, 3.05) is 25.6 Å². The van der Waals surface area contributed by atoms with Gasteiger partial charge in [0.05, 0.1) is 18.0 Å². The summed E-state index contributed by atoms with van der Waals surface area (Å²) >= 11 is 9.59. The van der Waals surface area contributed by atoms with E-state index >= 15 is 0 Å². The van der Waals surface area contributed by atoms with Crippen molar-refractivity contribution in [3.8, 4) is 5.69 Å². The monoisotopic (exact) mass is 343 g/mol. The Kier molecular flexibility index (Phi) is 4.85. The molecule has 0 aliphatic carbocycles. The lowest BCUT2D eigenvalue weighted by Gasteiger charge is -2.11. The number of halogens is 2. The Hall–Kier alpha value is -1.04. The fraction of sp³-hybridized carbons (Fsp3) is 0.308. The van der Waals surface area contributed by atoms with Crippen molar-refractivity contribution in [2.45, 2.75) is 6.92 Å². The van der Waals surface area contributed by atoms with Gasteiger partial charge in [-0.2, -0.15) is 0 Å². The minimum atomic E-state index is 0.628. The molecule has 6 heteroatoms. The Bertz CT molecular complexity index is 571. The van der Waals surface area contributed by atoms with Gasteiger partial charge in [-0.15, -0.1) is 0 Å². The Morgan fingerprint density at radius 1 is 1.47 bits per heavy atom. The molecule has 1 heterocycles. The molecule has 0 saturated carbocycles. The number of aryl methyl sites for hydroxylation is 1. The van der Waals surface area contributed by atoms with E-state index in [0.717, 1.165) is 21.8 Å². The summed E-state index contributed by atoms with van der Waals surface area (Å²) in [5.41, 5.74) is 1.89. The maximum atomic E-state index is 6.06. The number of benzene rings is 1. The van der Waals surface area contributed by atoms with Crippen LogP contribution in [0.5, 0.6) is 0 Å². The number of ether oxygens (including phenoxy) is 1. The SMILES string of the molecule is COCCNc1nc(C)cn1-c1cc(Cl)ccc1Br. The second-order valence-corrected chi connectivity index (χ2v) is 5.38. The van der Waals surface area contributed by atoms with Gasteiger partial charge >= 0.3 is 0 Å². The van der Waals surface area contributed by atoms with Crippen molar-refractivity contribution in [2.24, 2.45) is 0 Å². The van der Waals surface area contributed by atoms with E-state index in [1.54, 1.807) is 7.11 Å². The number of nitrogens with one attached hydrogen (secondary N) is 1. The summed E-state index contributed by atoms with van der Waals surface area (Å²) in [7, 11) is 1.67. The second-order valence-electron chi connectivity index (χ2n) is 4.09. The third-order valence-corrected chi connectivity index (χ3v) is 3.49. The summed E-state index contributed by atoms with van der Waals surface area (Å²) in [4.78, 5) is 4.46. The van der Waals surface area contributed by atoms with E-state index in [0.29, 0.717) is 18.2 Å². The highest BCUT2D eigenvalue weighted by molar-refractivity contribution is 9.10. The van der Waals surface area contributed by atoms with Gasteiger partial charge in [0.1, 0.15) is 0 Å². The van der Waals surface area contributed by atoms with Crippen LogP contribution in [0.25, 0.3) is 5.69 Å². The summed E-state index contributed by atoms with van der Waals surface area (Å²) < 4.78 is 7.96. The van der Waals surface area contributed by atoms with Crippen LogP contribution >= 0.6 is 27.5 Å². The van der Waals surface area contributed by atoms with Crippen LogP contribution in [0, 0.1) is 6.92 Å². The molecule has 1 aromatic carbocycles. The van der Waals surface area contributed by atoms with Gasteiger partial charge < -0.3 is 10.1 Å². The number of aromatic nitrogens is 2. The van der Waals surface area contributed by atoms with Gasteiger partial charge in [0.25, 0.3) is 0 Å². The topological polar surface area (TPSA) is 39.1 Å². The zero-order valence-electron chi connectivity index (χ0n) is 10.8. The summed E-state index contributed by atoms with van der Waals surface area (Å²) in [5.74, 6) is 0.775. The highest BCUT2D eigenvalue weighted by Crippen LogP contribution is 2.27. The molecular weight excluding hydrogens is 330 g/mol. The highest BCUT2D eigenvalue weighted by Gasteiger charge is 2.10. The largest absolute Gasteiger partial charge is 0.383 e. The standard InChI is InChI=1S/C13H15BrClN3O/c1-9-8-18(13(17-9)16-5-6-19-2)12-7-10(15)3-4-11(12)14/h3-4,7-8H,5-6H2,1-2H3,(H,16,17). The summed E-state index contributed by atoms with van der Waals surface area (Å²) in [6, 6.07) is 5.66. The Morgan fingerprint density at radius 3 is 3.00 bits per heavy atom. The lowest BCUT2D eigenvalue weighted by Crippen LogP contribution is -2.11. The number of hydrogen-bond donors (Lipinski definition) is 1. The van der Waals surface area contributed by atoms with Crippen molar-refractivity contribution >= 4 is 33.5 Å². The molecule has 4 nitrogen and oxygen atoms in total. The lowest BCUT2D eigenvalue weighted by atomic mass is 10.3. The van der Waals surface area contributed by atoms with Crippen LogP contribution in [0.15, 0.2) is 28.9 Å². The van der Waals surface area contributed by atoms with Crippen LogP contribution in [0.2, 0.25) is 5.02 Å². The van der Waals surface area contributed by atoms with Crippen molar-refractivity contribution < 1.29 is 4.74 Å². The third-order valence-electron chi connectivity index (χ3n) is 2.58. The molecule has 0 aliphatic rings. The minimum absolute atomic E-state index is 0.628. The average molecular weight is 345 g/mol. The first-order chi connectivity index (χ1) is 9.11. The van der Waals surface area contributed by atoms with Crippen molar-refractivity contribution in [1.29, 1.82) is 0 Å². The van der Waals surface area contributed by atoms with E-state index in [2.05, 4.69) is 26.2 Å². The quantitative estimate of drug-likeness (QED) is 0.841. The van der Waals surface area contributed by atoms with Crippen LogP contribution in [0.4, 0.5) is 5.95 Å². The number of methoxy groups -OCH3 is 1. The van der Waals surface area contributed by atoms with E-state index in [1.165, 1.54) is 0 Å². The fourth-order valence-corrected chi connectivity index (χ4v) is 2.35. The smallest absolute Gasteiger partial charge is 0.207 e. The molecule has 0 unspecified atom stereocenters. The molecule has 2 aromatic rings. The van der Waals surface area contributed by atoms with E-state index < -0.39 is 0 Å². The molecule has 0 aliphatic heterocycles. The van der Waals surface area contributed by atoms with Crippen molar-refractivity contribution in [1.82, 2.24) is 9.55 Å². The van der Waals surface area contributed by atoms with Gasteiger partial charge in [0, 0.05) is 29.3 Å². The predicted molar refractivity (Wildman–Crippen MR) is 81.4 cm³/mol. The zero-order chi connectivity index (χ0) is 13.8. The summed E-state index contributed by atoms with van der Waals surface area (Å²) in [5, 5.41) is 3.93. The number of hydrogen-bond acceptors (Lipinski definition) is 3. The molecule has 0 atom stereocenters. The molecule has 1 N–H and O–H groups in total. The molecule has 2 rings (SSSR count). The van der Waals surface area contributed by atoms with Crippen molar-refractivity contribution in [3.63, 3.8) is 0 Å². The van der Waals surface area contributed by atoms with Crippen LogP contribution < -0.4 is 5.32 Å². The first kappa shape index (κ1) is 14.4. The highest BCUT2D eigenvalue weighted by atomic mass is 79.9. The normalized spacial score (nSPS) is 10.7. The predicted octanol–water partition coefficient (Wildman–Crippen LogP) is 3.65. The molecular formula is C13H15BrClN3O. The number of imidazole rings is 1. The maximum absolute atomic E-state index is 6.06. The van der Waals surface area contributed by atoms with Gasteiger partial charge in [0.15, 0.2) is 0 Å². The number of nitrogens with zero attached hydrogens (tertiary/aromatic N) is 2. The number of rotatable bonds is 5. The Labute approximate surface area is 125 Å². The molecule has 0 bridgehead atoms. The first-order valence-corrected chi connectivity index (χ1v) is 7.03. The lowest BCUT2D eigenvalue weighted by molar-refractivity contribution is 0.210. The van der Waals surface area contributed by atoms with E-state index in [4.69, 9.17) is 16.3 Å². The Balaban J connectivity index is 2.35. The van der Waals surface area contributed by atoms with Gasteiger partial charge in [-0.05, 0) is 41.1 Å². The average Bonchev–Trinajstić information content (AvgIpc) is 2.74. The molecule has 1 aromatic heterocycles. The molecule has 0 saturated heterocycles. The van der Waals surface area contributed by atoms with Crippen LogP contribution in [0.1, 0.15) is 5.69 Å². The molecule has 0 spiro atoms. The minimum Gasteiger partial charge on any atom is -0.383 e. The zero-order valence-corrected chi connectivity index (χ0v) is 13.1. The molecule has 19 heavy (non-hydrogen) atoms. The van der Waals surface area contributed by atoms with E-state index in [1.807, 2.05) is 35.9 Å². The molecule has 0 fully saturated rings. The van der Waals surface area contributed by atoms with E-state index in [9.17, 15) is 0 Å². The van der Waals surface area contributed by atoms with Crippen LogP contribution in [-0.4, -0.2) is 29.8 Å². The Morgan fingerprint density at radius 2 is 2.26 bits per heavy atom. The van der Waals surface area contributed by atoms with Gasteiger partial charge in [-0.25, -0.2) is 4.98 Å². The first-order valence-electron chi connectivity index (χ1n) is 5.86. The third kappa shape index (κ3) is 3.49. The van der Waals surface area contributed by atoms with Gasteiger partial charge in [-0.3, -0.25) is 4.57 Å². The second kappa shape index (κ2) is 6.41. The molecule has 0 radical (unpaired) electrons. The molecule has 102 valence electrons. The van der Waals surface area contributed by atoms with Gasteiger partial charge in [-0.1, -0.05) is 11.6 Å². The summed E-state index contributed by atoms with van der Waals surface area (Å²) in [6.45, 7) is 3.28. The van der Waals surface area contributed by atoms with Crippen LogP contribution in [-0.2, 0) is 4.74 Å². The molecule has 0 amide bonds. The fourth-order valence-electron chi connectivity index (χ4n) is 1.74. The maximum Gasteiger partial charge on any atom is 0.207 e. The summed E-state index contributed by atoms with van der Waals surface area (Å²) in [6.07, 6.45) is 1.96. The van der Waals surface area contributed by atoms with E-state index in [-0.39, 0.29) is 0 Å². The number of anilines is 1.